The van der Waals surface area contributed by atoms with Gasteiger partial charge in [0.2, 0.25) is 0 Å². The van der Waals surface area contributed by atoms with E-state index in [1.54, 1.807) is 0 Å². The third kappa shape index (κ3) is 9.56. The average molecular weight is 204 g/mol. The third-order valence-corrected chi connectivity index (χ3v) is 3.52. The Balaban J connectivity index is 3.37. The molecule has 0 bridgehead atoms. The molecule has 0 atom stereocenters. The molecule has 0 aliphatic heterocycles. The van der Waals surface area contributed by atoms with Crippen molar-refractivity contribution in [3.8, 4) is 0 Å². The number of hydrogen-bond donors (Lipinski definition) is 1. The van der Waals surface area contributed by atoms with E-state index in [-0.39, 0.29) is 19.2 Å². The molecular weight excluding hydrogens is 184 g/mol. The minimum atomic E-state index is -1.01. The van der Waals surface area contributed by atoms with Crippen molar-refractivity contribution in [3.63, 3.8) is 0 Å². The quantitative estimate of drug-likeness (QED) is 0.528. The Morgan fingerprint density at radius 2 is 2.00 bits per heavy atom. The first kappa shape index (κ1) is 12.6. The molecule has 0 spiro atoms. The summed E-state index contributed by atoms with van der Waals surface area (Å²) in [5.74, 6) is -0.188. The first-order valence-corrected chi connectivity index (χ1v) is 8.43. The summed E-state index contributed by atoms with van der Waals surface area (Å²) in [7, 11) is -1.01. The first-order chi connectivity index (χ1) is 5.95. The van der Waals surface area contributed by atoms with Crippen molar-refractivity contribution < 1.29 is 14.6 Å². The Labute approximate surface area is 81.1 Å². The summed E-state index contributed by atoms with van der Waals surface area (Å²) in [4.78, 5) is 11.0. The summed E-state index contributed by atoms with van der Waals surface area (Å²) < 4.78 is 4.73. The number of carbonyl (C=O) groups is 1. The van der Waals surface area contributed by atoms with Gasteiger partial charge in [0.1, 0.15) is 6.61 Å². The predicted molar refractivity (Wildman–Crippen MR) is 55.4 cm³/mol. The van der Waals surface area contributed by atoms with Crippen molar-refractivity contribution in [1.29, 1.82) is 0 Å². The van der Waals surface area contributed by atoms with Gasteiger partial charge < -0.3 is 9.84 Å². The van der Waals surface area contributed by atoms with Crippen LogP contribution in [0.3, 0.4) is 0 Å². The largest absolute Gasteiger partial charge is 0.463 e. The van der Waals surface area contributed by atoms with Crippen molar-refractivity contribution in [2.75, 3.05) is 13.2 Å². The molecule has 0 heterocycles. The maximum atomic E-state index is 11.0. The Morgan fingerprint density at radius 1 is 1.38 bits per heavy atom. The van der Waals surface area contributed by atoms with E-state index in [0.717, 1.165) is 12.5 Å². The van der Waals surface area contributed by atoms with Crippen LogP contribution in [0.4, 0.5) is 0 Å². The van der Waals surface area contributed by atoms with Crippen molar-refractivity contribution in [3.05, 3.63) is 0 Å². The van der Waals surface area contributed by atoms with Crippen LogP contribution in [-0.4, -0.2) is 32.4 Å². The highest BCUT2D eigenvalue weighted by molar-refractivity contribution is 6.76. The Morgan fingerprint density at radius 3 is 2.46 bits per heavy atom. The van der Waals surface area contributed by atoms with Gasteiger partial charge in [0.25, 0.3) is 0 Å². The molecular formula is C9H20O3Si. The molecule has 0 unspecified atom stereocenters. The molecule has 0 aliphatic carbocycles. The van der Waals surface area contributed by atoms with Gasteiger partial charge in [-0.15, -0.1) is 0 Å². The van der Waals surface area contributed by atoms with E-state index in [9.17, 15) is 4.79 Å². The molecule has 78 valence electrons. The van der Waals surface area contributed by atoms with Gasteiger partial charge in [0, 0.05) is 14.5 Å². The lowest BCUT2D eigenvalue weighted by atomic mass is 10.3. The van der Waals surface area contributed by atoms with Crippen molar-refractivity contribution in [2.45, 2.75) is 38.5 Å². The van der Waals surface area contributed by atoms with Gasteiger partial charge >= 0.3 is 5.97 Å². The van der Waals surface area contributed by atoms with Crippen LogP contribution in [0.1, 0.15) is 12.8 Å². The van der Waals surface area contributed by atoms with Crippen LogP contribution >= 0.6 is 0 Å². The Kier molecular flexibility index (Phi) is 5.99. The highest BCUT2D eigenvalue weighted by Gasteiger charge is 2.13. The zero-order valence-electron chi connectivity index (χ0n) is 8.80. The fraction of sp³-hybridized carbons (Fsp3) is 0.889. The fourth-order valence-electron chi connectivity index (χ4n) is 0.995. The first-order valence-electron chi connectivity index (χ1n) is 4.72. The standard InChI is InChI=1S/C9H20O3Si/c1-13(2,3)8-4-5-9(11)12-7-6-10/h10H,4-8H2,1-3H3. The van der Waals surface area contributed by atoms with Crippen LogP contribution in [0.5, 0.6) is 0 Å². The number of carbonyl (C=O) groups excluding carboxylic acids is 1. The molecule has 0 radical (unpaired) electrons. The molecule has 0 saturated carbocycles. The zero-order chi connectivity index (χ0) is 10.3. The van der Waals surface area contributed by atoms with Crippen LogP contribution in [-0.2, 0) is 9.53 Å². The molecule has 13 heavy (non-hydrogen) atoms. The number of esters is 1. The summed E-state index contributed by atoms with van der Waals surface area (Å²) in [5, 5.41) is 8.40. The summed E-state index contributed by atoms with van der Waals surface area (Å²) in [5.41, 5.74) is 0. The zero-order valence-corrected chi connectivity index (χ0v) is 9.80. The molecule has 0 amide bonds. The number of rotatable bonds is 6. The molecule has 0 aromatic heterocycles. The molecule has 0 aliphatic rings. The lowest BCUT2D eigenvalue weighted by molar-refractivity contribution is -0.144. The summed E-state index contributed by atoms with van der Waals surface area (Å²) in [6.45, 7) is 6.90. The van der Waals surface area contributed by atoms with E-state index in [4.69, 9.17) is 9.84 Å². The van der Waals surface area contributed by atoms with E-state index < -0.39 is 8.07 Å². The second-order valence-corrected chi connectivity index (χ2v) is 9.98. The second kappa shape index (κ2) is 6.15. The minimum absolute atomic E-state index is 0.0836. The third-order valence-electron chi connectivity index (χ3n) is 1.66. The maximum Gasteiger partial charge on any atom is 0.305 e. The molecule has 0 rings (SSSR count). The predicted octanol–water partition coefficient (Wildman–Crippen LogP) is 1.64. The van der Waals surface area contributed by atoms with Crippen LogP contribution in [0, 0.1) is 0 Å². The van der Waals surface area contributed by atoms with E-state index in [1.807, 2.05) is 0 Å². The number of ether oxygens (including phenoxy) is 1. The highest BCUT2D eigenvalue weighted by atomic mass is 28.3. The Hall–Kier alpha value is -0.353. The van der Waals surface area contributed by atoms with Gasteiger partial charge in [0.05, 0.1) is 6.61 Å². The summed E-state index contributed by atoms with van der Waals surface area (Å²) in [6, 6.07) is 1.15. The van der Waals surface area contributed by atoms with Crippen LogP contribution in [0.15, 0.2) is 0 Å². The van der Waals surface area contributed by atoms with Gasteiger partial charge in [-0.2, -0.15) is 0 Å². The van der Waals surface area contributed by atoms with Crippen LogP contribution in [0.25, 0.3) is 0 Å². The molecule has 0 saturated heterocycles. The molecule has 0 fully saturated rings. The molecule has 3 nitrogen and oxygen atoms in total. The molecule has 4 heteroatoms. The molecule has 0 aromatic rings. The number of aliphatic hydroxyl groups excluding tert-OH is 1. The molecule has 1 N–H and O–H groups in total. The minimum Gasteiger partial charge on any atom is -0.463 e. The SMILES string of the molecule is C[Si](C)(C)CCCC(=O)OCCO. The van der Waals surface area contributed by atoms with Gasteiger partial charge in [-0.1, -0.05) is 25.7 Å². The highest BCUT2D eigenvalue weighted by Crippen LogP contribution is 2.12. The molecule has 0 aromatic carbocycles. The van der Waals surface area contributed by atoms with E-state index in [2.05, 4.69) is 19.6 Å². The lowest BCUT2D eigenvalue weighted by Crippen LogP contribution is -2.19. The van der Waals surface area contributed by atoms with Gasteiger partial charge in [-0.05, 0) is 6.42 Å². The summed E-state index contributed by atoms with van der Waals surface area (Å²) in [6.07, 6.45) is 1.41. The maximum absolute atomic E-state index is 11.0. The monoisotopic (exact) mass is 204 g/mol. The Bertz CT molecular complexity index is 151. The van der Waals surface area contributed by atoms with E-state index in [0.29, 0.717) is 6.42 Å². The van der Waals surface area contributed by atoms with Gasteiger partial charge in [-0.3, -0.25) is 4.79 Å². The summed E-state index contributed by atoms with van der Waals surface area (Å²) >= 11 is 0. The van der Waals surface area contributed by atoms with Crippen molar-refractivity contribution in [2.24, 2.45) is 0 Å². The van der Waals surface area contributed by atoms with E-state index in [1.165, 1.54) is 0 Å². The normalized spacial score (nSPS) is 11.4. The van der Waals surface area contributed by atoms with Crippen molar-refractivity contribution >= 4 is 14.0 Å². The van der Waals surface area contributed by atoms with Gasteiger partial charge in [0.15, 0.2) is 0 Å². The average Bonchev–Trinajstić information content (AvgIpc) is 1.98. The lowest BCUT2D eigenvalue weighted by Gasteiger charge is -2.14. The van der Waals surface area contributed by atoms with Crippen LogP contribution < -0.4 is 0 Å². The smallest absolute Gasteiger partial charge is 0.305 e. The van der Waals surface area contributed by atoms with Crippen LogP contribution in [0.2, 0.25) is 25.7 Å². The fourth-order valence-corrected chi connectivity index (χ4v) is 2.23. The number of aliphatic hydroxyl groups is 1. The topological polar surface area (TPSA) is 46.5 Å². The number of hydrogen-bond acceptors (Lipinski definition) is 3. The van der Waals surface area contributed by atoms with Gasteiger partial charge in [-0.25, -0.2) is 0 Å². The second-order valence-electron chi connectivity index (χ2n) is 4.36. The van der Waals surface area contributed by atoms with E-state index >= 15 is 0 Å². The van der Waals surface area contributed by atoms with Crippen molar-refractivity contribution in [1.82, 2.24) is 0 Å².